The first-order valence-electron chi connectivity index (χ1n) is 17.4. The van der Waals surface area contributed by atoms with Crippen molar-refractivity contribution in [3.8, 4) is 11.5 Å². The monoisotopic (exact) mass is 754 g/mol. The average molecular weight is 755 g/mol. The lowest BCUT2D eigenvalue weighted by molar-refractivity contribution is -0.144. The van der Waals surface area contributed by atoms with E-state index in [0.29, 0.717) is 29.0 Å². The van der Waals surface area contributed by atoms with Crippen molar-refractivity contribution >= 4 is 52.3 Å². The second-order valence-corrected chi connectivity index (χ2v) is 27.5. The number of benzene rings is 1. The molecule has 2 N–H and O–H groups in total. The van der Waals surface area contributed by atoms with Crippen LogP contribution in [0.25, 0.3) is 0 Å². The number of hydrogen-bond donors (Lipinski definition) is 2. The number of carbonyl (C=O) groups excluding carboxylic acids is 4. The van der Waals surface area contributed by atoms with Crippen molar-refractivity contribution in [2.45, 2.75) is 149 Å². The van der Waals surface area contributed by atoms with Crippen molar-refractivity contribution in [3.63, 3.8) is 0 Å². The number of esters is 2. The van der Waals surface area contributed by atoms with Crippen molar-refractivity contribution in [1.29, 1.82) is 0 Å². The van der Waals surface area contributed by atoms with E-state index in [9.17, 15) is 19.2 Å². The molecule has 1 aliphatic heterocycles. The Kier molecular flexibility index (Phi) is 14.2. The van der Waals surface area contributed by atoms with Gasteiger partial charge < -0.3 is 33.7 Å². The third kappa shape index (κ3) is 10.9. The van der Waals surface area contributed by atoms with Gasteiger partial charge in [0.2, 0.25) is 5.91 Å². The molecule has 1 aromatic carbocycles. The van der Waals surface area contributed by atoms with Crippen LogP contribution < -0.4 is 19.5 Å². The van der Waals surface area contributed by atoms with Gasteiger partial charge in [0, 0.05) is 22.4 Å². The van der Waals surface area contributed by atoms with E-state index < -0.39 is 57.6 Å². The zero-order valence-corrected chi connectivity index (χ0v) is 36.1. The maximum Gasteiger partial charge on any atom is 0.408 e. The third-order valence-electron chi connectivity index (χ3n) is 9.53. The van der Waals surface area contributed by atoms with Gasteiger partial charge in [0.25, 0.3) is 16.6 Å². The number of methoxy groups -OCH3 is 1. The number of alkyl carbamates (subject to hydrolysis) is 1. The Bertz CT molecular complexity index is 1430. The first-order valence-corrected chi connectivity index (χ1v) is 24.3. The van der Waals surface area contributed by atoms with Gasteiger partial charge in [-0.25, -0.2) is 14.4 Å². The summed E-state index contributed by atoms with van der Waals surface area (Å²) in [4.78, 5) is 53.6. The van der Waals surface area contributed by atoms with Crippen molar-refractivity contribution in [1.82, 2.24) is 10.6 Å². The van der Waals surface area contributed by atoms with Crippen molar-refractivity contribution in [3.05, 3.63) is 22.3 Å². The zero-order valence-electron chi connectivity index (χ0n) is 33.3. The highest BCUT2D eigenvalue weighted by Crippen LogP contribution is 2.50. The van der Waals surface area contributed by atoms with E-state index in [2.05, 4.69) is 85.3 Å². The molecule has 0 fully saturated rings. The summed E-state index contributed by atoms with van der Waals surface area (Å²) in [7, 11) is -3.86. The molecular weight excluding hydrogens is 693 g/mol. The van der Waals surface area contributed by atoms with Crippen LogP contribution >= 0.6 is 11.8 Å². The number of rotatable bonds is 8. The molecule has 0 saturated heterocycles. The predicted molar refractivity (Wildman–Crippen MR) is 204 cm³/mol. The maximum absolute atomic E-state index is 14.4. The normalized spacial score (nSPS) is 18.4. The minimum Gasteiger partial charge on any atom is -0.543 e. The van der Waals surface area contributed by atoms with Gasteiger partial charge in [-0.15, -0.1) is 11.8 Å². The molecule has 0 bridgehead atoms. The Hall–Kier alpha value is -2.72. The lowest BCUT2D eigenvalue weighted by Crippen LogP contribution is -2.46. The van der Waals surface area contributed by atoms with E-state index in [1.54, 1.807) is 20.8 Å². The van der Waals surface area contributed by atoms with E-state index in [0.717, 1.165) is 23.7 Å². The molecule has 284 valence electrons. The Morgan fingerprint density at radius 1 is 0.940 bits per heavy atom. The van der Waals surface area contributed by atoms with Gasteiger partial charge in [-0.1, -0.05) is 54.9 Å². The predicted octanol–water partition coefficient (Wildman–Crippen LogP) is 8.19. The van der Waals surface area contributed by atoms with Crippen LogP contribution in [-0.2, 0) is 30.2 Å². The standard InChI is InChI=1S/C36H62N2O9SSi2/c1-17-18-23-28(46-49(13,14)35(6,7)8)22(2)26-27(29(23)47-50(15,16)36(9,10)11)30(38-33(42)45-34(3,4)5)48-21-24(31(40)43-12)37-25(39)19-20-44-32(26)41/h24,30H,17-21H2,1-16H3,(H,37,39)(H,38,42)/t24-,30?/m0/s1. The number of cyclic esters (lactones) is 1. The molecule has 1 unspecified atom stereocenters. The first-order chi connectivity index (χ1) is 22.7. The highest BCUT2D eigenvalue weighted by molar-refractivity contribution is 7.99. The van der Waals surface area contributed by atoms with Crippen LogP contribution in [0.1, 0.15) is 115 Å². The summed E-state index contributed by atoms with van der Waals surface area (Å²) in [5, 5.41) is 4.30. The Balaban J connectivity index is 3.20. The summed E-state index contributed by atoms with van der Waals surface area (Å²) in [5.74, 6) is -0.734. The van der Waals surface area contributed by atoms with Crippen molar-refractivity contribution in [2.24, 2.45) is 0 Å². The third-order valence-corrected chi connectivity index (χ3v) is 19.4. The van der Waals surface area contributed by atoms with E-state index in [-0.39, 0.29) is 34.4 Å². The highest BCUT2D eigenvalue weighted by atomic mass is 32.2. The molecule has 0 saturated carbocycles. The van der Waals surface area contributed by atoms with Crippen molar-refractivity contribution < 1.29 is 42.2 Å². The van der Waals surface area contributed by atoms with Gasteiger partial charge in [0.15, 0.2) is 0 Å². The molecule has 11 nitrogen and oxygen atoms in total. The molecule has 1 aromatic rings. The van der Waals surface area contributed by atoms with Crippen LogP contribution in [0.4, 0.5) is 4.79 Å². The summed E-state index contributed by atoms with van der Waals surface area (Å²) in [6.07, 6.45) is 0.432. The van der Waals surface area contributed by atoms with Gasteiger partial charge in [0.05, 0.1) is 19.1 Å². The van der Waals surface area contributed by atoms with Crippen LogP contribution in [0, 0.1) is 6.92 Å². The zero-order chi connectivity index (χ0) is 38.6. The lowest BCUT2D eigenvalue weighted by Gasteiger charge is -2.41. The van der Waals surface area contributed by atoms with Gasteiger partial charge >= 0.3 is 18.0 Å². The van der Waals surface area contributed by atoms with Crippen LogP contribution in [0.5, 0.6) is 11.5 Å². The van der Waals surface area contributed by atoms with Gasteiger partial charge in [-0.2, -0.15) is 0 Å². The number of carbonyl (C=O) groups is 4. The maximum atomic E-state index is 14.4. The molecule has 2 atom stereocenters. The number of hydrogen-bond acceptors (Lipinski definition) is 10. The number of amides is 2. The van der Waals surface area contributed by atoms with Gasteiger partial charge in [-0.05, 0) is 70.4 Å². The number of fused-ring (bicyclic) bond motifs is 1. The topological polar surface area (TPSA) is 138 Å². The molecule has 0 aliphatic carbocycles. The fourth-order valence-electron chi connectivity index (χ4n) is 4.67. The second-order valence-electron chi connectivity index (χ2n) is 16.9. The van der Waals surface area contributed by atoms with Gasteiger partial charge in [0.1, 0.15) is 35.1 Å². The molecular formula is C36H62N2O9SSi2. The molecule has 0 aromatic heterocycles. The molecule has 0 spiro atoms. The SMILES string of the molecule is CCCc1c(O[Si](C)(C)C(C)(C)C)c(C)c2c(c1O[Si](C)(C)C(C)(C)C)C(NC(=O)OC(C)(C)C)SC[C@@H](C(=O)OC)NC(=O)CCOC2=O. The first kappa shape index (κ1) is 43.4. The van der Waals surface area contributed by atoms with Crippen LogP contribution in [0.2, 0.25) is 36.3 Å². The Morgan fingerprint density at radius 2 is 1.48 bits per heavy atom. The number of nitrogens with one attached hydrogen (secondary N) is 2. The Morgan fingerprint density at radius 3 is 1.96 bits per heavy atom. The molecule has 1 heterocycles. The minimum atomic E-state index is -2.63. The summed E-state index contributed by atoms with van der Waals surface area (Å²) in [6, 6.07) is -1.04. The second kappa shape index (κ2) is 16.3. The Labute approximate surface area is 306 Å². The summed E-state index contributed by atoms with van der Waals surface area (Å²) in [5.41, 5.74) is 1.15. The van der Waals surface area contributed by atoms with Crippen LogP contribution in [0.15, 0.2) is 0 Å². The van der Waals surface area contributed by atoms with Crippen LogP contribution in [-0.4, -0.2) is 71.7 Å². The summed E-state index contributed by atoms with van der Waals surface area (Å²) in [6.45, 7) is 30.4. The molecule has 2 amide bonds. The quantitative estimate of drug-likeness (QED) is 0.152. The minimum absolute atomic E-state index is 0.0112. The lowest BCUT2D eigenvalue weighted by atomic mass is 9.93. The largest absolute Gasteiger partial charge is 0.543 e. The van der Waals surface area contributed by atoms with Crippen LogP contribution in [0.3, 0.4) is 0 Å². The van der Waals surface area contributed by atoms with E-state index in [1.165, 1.54) is 7.11 Å². The fraction of sp³-hybridized carbons (Fsp3) is 0.722. The van der Waals surface area contributed by atoms with E-state index in [1.807, 2.05) is 6.92 Å². The van der Waals surface area contributed by atoms with E-state index >= 15 is 0 Å². The highest BCUT2D eigenvalue weighted by Gasteiger charge is 2.45. The van der Waals surface area contributed by atoms with Gasteiger partial charge in [-0.3, -0.25) is 4.79 Å². The van der Waals surface area contributed by atoms with E-state index in [4.69, 9.17) is 23.1 Å². The fourth-order valence-corrected chi connectivity index (χ4v) is 7.99. The van der Waals surface area contributed by atoms with Crippen molar-refractivity contribution in [2.75, 3.05) is 19.5 Å². The number of ether oxygens (including phenoxy) is 3. The molecule has 2 rings (SSSR count). The molecule has 14 heteroatoms. The number of thioether (sulfide) groups is 1. The molecule has 1 aliphatic rings. The summed E-state index contributed by atoms with van der Waals surface area (Å²) >= 11 is 1.16. The molecule has 0 radical (unpaired) electrons. The smallest absolute Gasteiger partial charge is 0.408 e. The summed E-state index contributed by atoms with van der Waals surface area (Å²) < 4.78 is 30.9. The molecule has 50 heavy (non-hydrogen) atoms. The average Bonchev–Trinajstić information content (AvgIpc) is 2.94.